The van der Waals surface area contributed by atoms with Crippen molar-refractivity contribution in [1.82, 2.24) is 0 Å². The average Bonchev–Trinajstić information content (AvgIpc) is 2.65. The van der Waals surface area contributed by atoms with Crippen LogP contribution in [0, 0.1) is 13.8 Å². The average molecular weight is 326 g/mol. The maximum Gasteiger partial charge on any atom is 0.265 e. The summed E-state index contributed by atoms with van der Waals surface area (Å²) in [5.74, 6) is 0.0848. The monoisotopic (exact) mass is 325 g/mol. The Morgan fingerprint density at radius 1 is 1.28 bits per heavy atom. The Hall–Kier alpha value is -1.33. The van der Waals surface area contributed by atoms with Gasteiger partial charge in [0.25, 0.3) is 5.91 Å². The molecule has 2 rings (SSSR count). The van der Waals surface area contributed by atoms with Crippen LogP contribution < -0.4 is 5.32 Å². The normalized spacial score (nSPS) is 10.4. The Balaban J connectivity index is 2.18. The summed E-state index contributed by atoms with van der Waals surface area (Å²) in [6.07, 6.45) is 0. The maximum atomic E-state index is 12.0. The van der Waals surface area contributed by atoms with Crippen LogP contribution >= 0.6 is 27.3 Å². The number of hydrogen-bond donors (Lipinski definition) is 2. The molecule has 0 atom stereocenters. The van der Waals surface area contributed by atoms with E-state index in [-0.39, 0.29) is 11.7 Å². The minimum absolute atomic E-state index is 0.140. The van der Waals surface area contributed by atoms with Gasteiger partial charge in [0.2, 0.25) is 0 Å². The summed E-state index contributed by atoms with van der Waals surface area (Å²) >= 11 is 4.80. The lowest BCUT2D eigenvalue weighted by molar-refractivity contribution is 0.103. The molecule has 94 valence electrons. The molecule has 0 unspecified atom stereocenters. The zero-order chi connectivity index (χ0) is 13.3. The van der Waals surface area contributed by atoms with Gasteiger partial charge < -0.3 is 10.4 Å². The van der Waals surface area contributed by atoms with E-state index in [0.29, 0.717) is 10.6 Å². The third-order valence-corrected chi connectivity index (χ3v) is 4.67. The lowest BCUT2D eigenvalue weighted by atomic mass is 10.2. The third kappa shape index (κ3) is 2.73. The first kappa shape index (κ1) is 13.1. The quantitative estimate of drug-likeness (QED) is 0.817. The van der Waals surface area contributed by atoms with Crippen LogP contribution in [0.4, 0.5) is 5.69 Å². The molecule has 0 radical (unpaired) electrons. The molecule has 2 aromatic rings. The van der Waals surface area contributed by atoms with Crippen molar-refractivity contribution in [3.63, 3.8) is 0 Å². The number of aromatic hydroxyl groups is 1. The van der Waals surface area contributed by atoms with Crippen LogP contribution in [0.2, 0.25) is 0 Å². The van der Waals surface area contributed by atoms with Crippen molar-refractivity contribution in [2.75, 3.05) is 5.32 Å². The van der Waals surface area contributed by atoms with Gasteiger partial charge in [-0.15, -0.1) is 11.3 Å². The third-order valence-electron chi connectivity index (χ3n) is 2.54. The van der Waals surface area contributed by atoms with Gasteiger partial charge in [-0.2, -0.15) is 0 Å². The molecule has 0 spiro atoms. The molecular formula is C13H12BrNO2S. The molecule has 1 amide bonds. The molecule has 0 aliphatic carbocycles. The van der Waals surface area contributed by atoms with Crippen molar-refractivity contribution in [2.24, 2.45) is 0 Å². The Labute approximate surface area is 118 Å². The predicted octanol–water partition coefficient (Wildman–Crippen LogP) is 4.09. The van der Waals surface area contributed by atoms with Crippen LogP contribution in [-0.4, -0.2) is 11.0 Å². The number of aryl methyl sites for hydroxylation is 2. The first-order valence-electron chi connectivity index (χ1n) is 5.34. The van der Waals surface area contributed by atoms with E-state index in [0.717, 1.165) is 14.9 Å². The molecule has 2 N–H and O–H groups in total. The fourth-order valence-electron chi connectivity index (χ4n) is 1.50. The highest BCUT2D eigenvalue weighted by atomic mass is 79.9. The topological polar surface area (TPSA) is 49.3 Å². The van der Waals surface area contributed by atoms with E-state index < -0.39 is 0 Å². The first-order valence-corrected chi connectivity index (χ1v) is 6.95. The highest BCUT2D eigenvalue weighted by Crippen LogP contribution is 2.28. The second kappa shape index (κ2) is 5.12. The molecule has 5 heteroatoms. The number of amides is 1. The fourth-order valence-corrected chi connectivity index (χ4v) is 2.93. The number of rotatable bonds is 2. The maximum absolute atomic E-state index is 12.0. The molecule has 0 aliphatic heterocycles. The number of phenols is 1. The van der Waals surface area contributed by atoms with Crippen molar-refractivity contribution in [3.05, 3.63) is 44.1 Å². The molecule has 1 aromatic heterocycles. The number of thiophene rings is 1. The van der Waals surface area contributed by atoms with Gasteiger partial charge in [0.15, 0.2) is 0 Å². The summed E-state index contributed by atoms with van der Waals surface area (Å²) in [4.78, 5) is 12.6. The standard InChI is InChI=1S/C13H12BrNO2S/c1-7-5-9(3-4-10(7)16)15-13(17)11-6-8(2)12(14)18-11/h3-6,16H,1-2H3,(H,15,17). The molecule has 0 fully saturated rings. The lowest BCUT2D eigenvalue weighted by Gasteiger charge is -2.05. The number of phenolic OH excluding ortho intramolecular Hbond substituents is 1. The Morgan fingerprint density at radius 3 is 2.56 bits per heavy atom. The summed E-state index contributed by atoms with van der Waals surface area (Å²) in [5, 5.41) is 12.2. The summed E-state index contributed by atoms with van der Waals surface area (Å²) < 4.78 is 0.967. The van der Waals surface area contributed by atoms with Crippen molar-refractivity contribution >= 4 is 38.9 Å². The lowest BCUT2D eigenvalue weighted by Crippen LogP contribution is -2.10. The van der Waals surface area contributed by atoms with Gasteiger partial charge in [-0.3, -0.25) is 4.79 Å². The highest BCUT2D eigenvalue weighted by molar-refractivity contribution is 9.11. The minimum atomic E-state index is -0.140. The van der Waals surface area contributed by atoms with E-state index in [4.69, 9.17) is 0 Å². The van der Waals surface area contributed by atoms with E-state index in [1.165, 1.54) is 11.3 Å². The van der Waals surface area contributed by atoms with Gasteiger partial charge in [0.1, 0.15) is 5.75 Å². The molecule has 1 aromatic carbocycles. The number of carbonyl (C=O) groups is 1. The van der Waals surface area contributed by atoms with Crippen LogP contribution in [0.15, 0.2) is 28.1 Å². The molecule has 3 nitrogen and oxygen atoms in total. The van der Waals surface area contributed by atoms with Crippen molar-refractivity contribution < 1.29 is 9.90 Å². The zero-order valence-electron chi connectivity index (χ0n) is 9.95. The minimum Gasteiger partial charge on any atom is -0.508 e. The molecule has 0 bridgehead atoms. The number of hydrogen-bond acceptors (Lipinski definition) is 3. The Kier molecular flexibility index (Phi) is 3.73. The molecule has 18 heavy (non-hydrogen) atoms. The van der Waals surface area contributed by atoms with Gasteiger partial charge >= 0.3 is 0 Å². The van der Waals surface area contributed by atoms with Crippen LogP contribution in [0.5, 0.6) is 5.75 Å². The summed E-state index contributed by atoms with van der Waals surface area (Å²) in [6, 6.07) is 6.83. The van der Waals surface area contributed by atoms with E-state index in [2.05, 4.69) is 21.2 Å². The number of nitrogens with one attached hydrogen (secondary N) is 1. The largest absolute Gasteiger partial charge is 0.508 e. The second-order valence-corrected chi connectivity index (χ2v) is 6.39. The van der Waals surface area contributed by atoms with Gasteiger partial charge in [0, 0.05) is 5.69 Å². The predicted molar refractivity (Wildman–Crippen MR) is 77.6 cm³/mol. The van der Waals surface area contributed by atoms with E-state index in [9.17, 15) is 9.90 Å². The summed E-state index contributed by atoms with van der Waals surface area (Å²) in [6.45, 7) is 3.74. The van der Waals surface area contributed by atoms with Gasteiger partial charge in [-0.25, -0.2) is 0 Å². The number of benzene rings is 1. The van der Waals surface area contributed by atoms with Gasteiger partial charge in [0.05, 0.1) is 8.66 Å². The van der Waals surface area contributed by atoms with E-state index in [1.807, 2.05) is 13.0 Å². The molecule has 0 saturated heterocycles. The van der Waals surface area contributed by atoms with Crippen molar-refractivity contribution in [3.8, 4) is 5.75 Å². The molecule has 1 heterocycles. The first-order chi connectivity index (χ1) is 8.47. The smallest absolute Gasteiger partial charge is 0.265 e. The number of carbonyl (C=O) groups excluding carboxylic acids is 1. The van der Waals surface area contributed by atoms with Crippen LogP contribution in [0.1, 0.15) is 20.8 Å². The van der Waals surface area contributed by atoms with Crippen LogP contribution in [0.25, 0.3) is 0 Å². The molecule has 0 saturated carbocycles. The van der Waals surface area contributed by atoms with Crippen molar-refractivity contribution in [2.45, 2.75) is 13.8 Å². The molecule has 0 aliphatic rings. The van der Waals surface area contributed by atoms with Crippen LogP contribution in [0.3, 0.4) is 0 Å². The fraction of sp³-hybridized carbons (Fsp3) is 0.154. The van der Waals surface area contributed by atoms with Crippen molar-refractivity contribution in [1.29, 1.82) is 0 Å². The number of halogens is 1. The SMILES string of the molecule is Cc1cc(NC(=O)c2cc(C)c(Br)s2)ccc1O. The van der Waals surface area contributed by atoms with Crippen LogP contribution in [-0.2, 0) is 0 Å². The second-order valence-electron chi connectivity index (χ2n) is 4.02. The van der Waals surface area contributed by atoms with E-state index >= 15 is 0 Å². The van der Waals surface area contributed by atoms with Gasteiger partial charge in [-0.05, 0) is 65.2 Å². The Morgan fingerprint density at radius 2 is 2.00 bits per heavy atom. The molecular weight excluding hydrogens is 314 g/mol. The number of anilines is 1. The Bertz CT molecular complexity index is 588. The van der Waals surface area contributed by atoms with Gasteiger partial charge in [-0.1, -0.05) is 0 Å². The highest BCUT2D eigenvalue weighted by Gasteiger charge is 2.11. The zero-order valence-corrected chi connectivity index (χ0v) is 12.4. The summed E-state index contributed by atoms with van der Waals surface area (Å²) in [7, 11) is 0. The summed E-state index contributed by atoms with van der Waals surface area (Å²) in [5.41, 5.74) is 2.46. The van der Waals surface area contributed by atoms with E-state index in [1.54, 1.807) is 25.1 Å².